The lowest BCUT2D eigenvalue weighted by molar-refractivity contribution is -0.114. The summed E-state index contributed by atoms with van der Waals surface area (Å²) < 4.78 is 0. The van der Waals surface area contributed by atoms with E-state index in [4.69, 9.17) is 0 Å². The summed E-state index contributed by atoms with van der Waals surface area (Å²) >= 11 is 0. The second-order valence-corrected chi connectivity index (χ2v) is 5.29. The van der Waals surface area contributed by atoms with E-state index >= 15 is 0 Å². The van der Waals surface area contributed by atoms with Crippen molar-refractivity contribution in [2.45, 2.75) is 6.54 Å². The van der Waals surface area contributed by atoms with Crippen LogP contribution in [0.3, 0.4) is 0 Å². The number of aliphatic hydroxyl groups excluding tert-OH is 1. The van der Waals surface area contributed by atoms with Gasteiger partial charge in [-0.25, -0.2) is 0 Å². The van der Waals surface area contributed by atoms with E-state index in [2.05, 4.69) is 0 Å². The largest absolute Gasteiger partial charge is 0.507 e. The molecule has 0 spiro atoms. The average molecular weight is 269 g/mol. The topological polar surface area (TPSA) is 60.8 Å². The molecule has 2 N–H and O–H groups in total. The molecule has 4 nitrogen and oxygen atoms in total. The number of aliphatic hydroxyl groups is 1. The van der Waals surface area contributed by atoms with Gasteiger partial charge in [0, 0.05) is 23.2 Å². The number of rotatable bonds is 2. The number of phenolic OH excluding ortho intramolecular Hbond substituents is 1. The monoisotopic (exact) mass is 269 g/mol. The zero-order valence-corrected chi connectivity index (χ0v) is 11.3. The third kappa shape index (κ3) is 1.77. The maximum absolute atomic E-state index is 11.9. The van der Waals surface area contributed by atoms with Crippen LogP contribution in [-0.4, -0.2) is 35.0 Å². The molecule has 102 valence electrons. The van der Waals surface area contributed by atoms with Gasteiger partial charge in [0.05, 0.1) is 0 Å². The Morgan fingerprint density at radius 3 is 2.55 bits per heavy atom. The number of allylic oxidation sites excluding steroid dienone is 4. The lowest BCUT2D eigenvalue weighted by Crippen LogP contribution is -2.11. The van der Waals surface area contributed by atoms with Gasteiger partial charge in [-0.15, -0.1) is 0 Å². The van der Waals surface area contributed by atoms with Crippen LogP contribution in [0.1, 0.15) is 16.7 Å². The number of hydrogen-bond acceptors (Lipinski definition) is 4. The summed E-state index contributed by atoms with van der Waals surface area (Å²) in [5.74, 6) is -0.454. The normalized spacial score (nSPS) is 16.6. The van der Waals surface area contributed by atoms with Crippen LogP contribution in [0.25, 0.3) is 11.6 Å². The number of aromatic hydroxyl groups is 1. The van der Waals surface area contributed by atoms with E-state index in [9.17, 15) is 15.0 Å². The quantitative estimate of drug-likeness (QED) is 0.864. The summed E-state index contributed by atoms with van der Waals surface area (Å²) in [5, 5.41) is 20.0. The van der Waals surface area contributed by atoms with Gasteiger partial charge in [0.2, 0.25) is 5.78 Å². The van der Waals surface area contributed by atoms with Crippen molar-refractivity contribution in [3.05, 3.63) is 52.3 Å². The summed E-state index contributed by atoms with van der Waals surface area (Å²) in [6.45, 7) is 0.622. The van der Waals surface area contributed by atoms with Crippen molar-refractivity contribution >= 4 is 17.4 Å². The number of hydrogen-bond donors (Lipinski definition) is 2. The van der Waals surface area contributed by atoms with Gasteiger partial charge < -0.3 is 15.1 Å². The van der Waals surface area contributed by atoms with Crippen molar-refractivity contribution in [1.82, 2.24) is 4.90 Å². The van der Waals surface area contributed by atoms with Gasteiger partial charge in [-0.3, -0.25) is 4.79 Å². The molecule has 0 aromatic heterocycles. The molecule has 0 heterocycles. The number of phenols is 1. The van der Waals surface area contributed by atoms with Crippen LogP contribution < -0.4 is 0 Å². The molecule has 0 saturated carbocycles. The number of nitrogens with zero attached hydrogens (tertiary/aromatic N) is 1. The zero-order chi connectivity index (χ0) is 14.4. The number of ketones is 1. The molecule has 0 saturated heterocycles. The van der Waals surface area contributed by atoms with Crippen LogP contribution in [-0.2, 0) is 11.3 Å². The smallest absolute Gasteiger partial charge is 0.227 e. The van der Waals surface area contributed by atoms with Gasteiger partial charge in [0.1, 0.15) is 5.75 Å². The number of carbonyl (C=O) groups is 1. The van der Waals surface area contributed by atoms with Crippen molar-refractivity contribution in [2.75, 3.05) is 14.1 Å². The molecular weight excluding hydrogens is 254 g/mol. The Bertz CT molecular complexity index is 709. The first-order chi connectivity index (χ1) is 9.49. The molecule has 2 aliphatic carbocycles. The maximum Gasteiger partial charge on any atom is 0.227 e. The molecule has 0 unspecified atom stereocenters. The van der Waals surface area contributed by atoms with E-state index in [-0.39, 0.29) is 11.5 Å². The number of carbonyl (C=O) groups excluding carboxylic acids is 1. The van der Waals surface area contributed by atoms with Crippen LogP contribution >= 0.6 is 0 Å². The Labute approximate surface area is 117 Å². The SMILES string of the molecule is CN(C)Cc1ccc2c(c1O)C1=CC=C(O)C(=O)C1=C2. The fraction of sp³-hybridized carbons (Fsp3) is 0.188. The first kappa shape index (κ1) is 12.7. The lowest BCUT2D eigenvalue weighted by atomic mass is 9.93. The Hall–Kier alpha value is -2.33. The highest BCUT2D eigenvalue weighted by molar-refractivity contribution is 6.25. The Balaban J connectivity index is 2.14. The predicted octanol–water partition coefficient (Wildman–Crippen LogP) is 2.26. The molecule has 2 aliphatic rings. The predicted molar refractivity (Wildman–Crippen MR) is 77.2 cm³/mol. The number of Topliss-reactive ketones (excluding diaryl/α,β-unsaturated/α-hetero) is 1. The van der Waals surface area contributed by atoms with E-state index in [1.54, 1.807) is 12.2 Å². The third-order valence-electron chi connectivity index (χ3n) is 3.52. The van der Waals surface area contributed by atoms with Gasteiger partial charge in [0.25, 0.3) is 0 Å². The highest BCUT2D eigenvalue weighted by atomic mass is 16.3. The molecule has 0 radical (unpaired) electrons. The average Bonchev–Trinajstić information content (AvgIpc) is 2.77. The highest BCUT2D eigenvalue weighted by Gasteiger charge is 2.31. The second-order valence-electron chi connectivity index (χ2n) is 5.29. The van der Waals surface area contributed by atoms with Gasteiger partial charge in [-0.1, -0.05) is 12.1 Å². The fourth-order valence-corrected chi connectivity index (χ4v) is 2.63. The first-order valence-corrected chi connectivity index (χ1v) is 6.36. The van der Waals surface area contributed by atoms with Crippen molar-refractivity contribution < 1.29 is 15.0 Å². The van der Waals surface area contributed by atoms with Crippen LogP contribution in [0, 0.1) is 0 Å². The second kappa shape index (κ2) is 4.35. The van der Waals surface area contributed by atoms with Crippen molar-refractivity contribution in [2.24, 2.45) is 0 Å². The summed E-state index contributed by atoms with van der Waals surface area (Å²) in [4.78, 5) is 13.9. The Morgan fingerprint density at radius 1 is 1.10 bits per heavy atom. The fourth-order valence-electron chi connectivity index (χ4n) is 2.63. The minimum Gasteiger partial charge on any atom is -0.507 e. The van der Waals surface area contributed by atoms with E-state index < -0.39 is 5.78 Å². The first-order valence-electron chi connectivity index (χ1n) is 6.36. The Kier molecular flexibility index (Phi) is 2.76. The summed E-state index contributed by atoms with van der Waals surface area (Å²) in [5.41, 5.74) is 3.42. The molecule has 1 aromatic carbocycles. The lowest BCUT2D eigenvalue weighted by Gasteiger charge is -2.16. The molecule has 0 amide bonds. The number of benzene rings is 1. The highest BCUT2D eigenvalue weighted by Crippen LogP contribution is 2.44. The van der Waals surface area contributed by atoms with Gasteiger partial charge >= 0.3 is 0 Å². The Morgan fingerprint density at radius 2 is 1.85 bits per heavy atom. The molecule has 3 rings (SSSR count). The molecule has 0 fully saturated rings. The molecular formula is C16H15NO3. The van der Waals surface area contributed by atoms with E-state index in [1.807, 2.05) is 31.1 Å². The molecule has 4 heteroatoms. The van der Waals surface area contributed by atoms with Crippen molar-refractivity contribution in [1.29, 1.82) is 0 Å². The standard InChI is InChI=1S/C16H15NO3/c1-17(2)8-10-4-3-9-7-12-11(14(9)15(10)19)5-6-13(18)16(12)20/h3-7,18-19H,8H2,1-2H3. The summed E-state index contributed by atoms with van der Waals surface area (Å²) in [7, 11) is 3.86. The minimum absolute atomic E-state index is 0.205. The van der Waals surface area contributed by atoms with Gasteiger partial charge in [-0.05, 0) is 43.5 Å². The van der Waals surface area contributed by atoms with Crippen LogP contribution in [0.2, 0.25) is 0 Å². The summed E-state index contributed by atoms with van der Waals surface area (Å²) in [6, 6.07) is 3.76. The minimum atomic E-state index is -0.396. The van der Waals surface area contributed by atoms with E-state index in [0.717, 1.165) is 11.1 Å². The van der Waals surface area contributed by atoms with Gasteiger partial charge in [0.15, 0.2) is 5.76 Å². The third-order valence-corrected chi connectivity index (χ3v) is 3.52. The van der Waals surface area contributed by atoms with Crippen LogP contribution in [0.5, 0.6) is 5.75 Å². The van der Waals surface area contributed by atoms with Crippen molar-refractivity contribution in [3.63, 3.8) is 0 Å². The molecule has 20 heavy (non-hydrogen) atoms. The van der Waals surface area contributed by atoms with E-state index in [1.165, 1.54) is 6.08 Å². The maximum atomic E-state index is 11.9. The van der Waals surface area contributed by atoms with Crippen LogP contribution in [0.4, 0.5) is 0 Å². The molecule has 0 bridgehead atoms. The van der Waals surface area contributed by atoms with Crippen molar-refractivity contribution in [3.8, 4) is 5.75 Å². The summed E-state index contributed by atoms with van der Waals surface area (Å²) in [6.07, 6.45) is 4.77. The van der Waals surface area contributed by atoms with Crippen LogP contribution in [0.15, 0.2) is 35.6 Å². The molecule has 0 atom stereocenters. The zero-order valence-electron chi connectivity index (χ0n) is 11.3. The van der Waals surface area contributed by atoms with Gasteiger partial charge in [-0.2, -0.15) is 0 Å². The molecule has 0 aliphatic heterocycles. The van der Waals surface area contributed by atoms with E-state index in [0.29, 0.717) is 23.3 Å². The molecule has 1 aromatic rings. The number of fused-ring (bicyclic) bond motifs is 3.